The molecule has 2 heterocycles. The Hall–Kier alpha value is -2.11. The molecule has 0 aliphatic carbocycles. The van der Waals surface area contributed by atoms with Crippen molar-refractivity contribution in [3.8, 4) is 6.07 Å². The maximum absolute atomic E-state index is 12.9. The normalized spacial score (nSPS) is 19.7. The molecule has 0 unspecified atom stereocenters. The summed E-state index contributed by atoms with van der Waals surface area (Å²) in [4.78, 5) is 13.5. The molecule has 3 rings (SSSR count). The van der Waals surface area contributed by atoms with E-state index in [0.717, 1.165) is 18.4 Å². The Balaban J connectivity index is 1.53. The fourth-order valence-electron chi connectivity index (χ4n) is 3.59. The predicted molar refractivity (Wildman–Crippen MR) is 105 cm³/mol. The smallest absolute Gasteiger partial charge is 0.410 e. The van der Waals surface area contributed by atoms with Gasteiger partial charge in [-0.2, -0.15) is 5.26 Å². The number of rotatable bonds is 3. The second-order valence-electron chi connectivity index (χ2n) is 8.46. The lowest BCUT2D eigenvalue weighted by molar-refractivity contribution is 0.0135. The number of nitriles is 1. The van der Waals surface area contributed by atoms with Crippen LogP contribution >= 0.6 is 0 Å². The van der Waals surface area contributed by atoms with Crippen molar-refractivity contribution in [2.45, 2.75) is 50.4 Å². The summed E-state index contributed by atoms with van der Waals surface area (Å²) in [5.74, 6) is 0.304. The Labute approximate surface area is 166 Å². The van der Waals surface area contributed by atoms with Crippen LogP contribution in [0.3, 0.4) is 0 Å². The van der Waals surface area contributed by atoms with E-state index in [0.29, 0.717) is 24.6 Å². The number of ether oxygens (including phenoxy) is 1. The zero-order chi connectivity index (χ0) is 20.5. The summed E-state index contributed by atoms with van der Waals surface area (Å²) in [5, 5.41) is 8.35. The number of benzene rings is 1. The van der Waals surface area contributed by atoms with Crippen molar-refractivity contribution in [2.75, 3.05) is 26.2 Å². The van der Waals surface area contributed by atoms with Gasteiger partial charge in [-0.05, 0) is 57.2 Å². The van der Waals surface area contributed by atoms with E-state index >= 15 is 0 Å². The summed E-state index contributed by atoms with van der Waals surface area (Å²) in [6, 6.07) is 9.63. The third kappa shape index (κ3) is 4.47. The molecule has 0 bridgehead atoms. The van der Waals surface area contributed by atoms with Gasteiger partial charge in [0.15, 0.2) is 0 Å². The summed E-state index contributed by atoms with van der Waals surface area (Å²) in [6.07, 6.45) is 1.06. The van der Waals surface area contributed by atoms with Gasteiger partial charge in [-0.1, -0.05) is 12.1 Å². The van der Waals surface area contributed by atoms with E-state index in [4.69, 9.17) is 10.00 Å². The minimum Gasteiger partial charge on any atom is -0.444 e. The van der Waals surface area contributed by atoms with Crippen molar-refractivity contribution in [3.05, 3.63) is 35.4 Å². The molecule has 28 heavy (non-hydrogen) atoms. The van der Waals surface area contributed by atoms with Crippen LogP contribution < -0.4 is 0 Å². The van der Waals surface area contributed by atoms with Crippen molar-refractivity contribution in [1.82, 2.24) is 9.21 Å². The molecule has 0 saturated carbocycles. The van der Waals surface area contributed by atoms with Gasteiger partial charge >= 0.3 is 6.09 Å². The highest BCUT2D eigenvalue weighted by Crippen LogP contribution is 2.31. The molecule has 1 aromatic rings. The number of nitrogens with zero attached hydrogens (tertiary/aromatic N) is 3. The number of likely N-dealkylation sites (tertiary alicyclic amines) is 1. The Kier molecular flexibility index (Phi) is 5.69. The first-order valence-electron chi connectivity index (χ1n) is 9.57. The quantitative estimate of drug-likeness (QED) is 0.771. The highest BCUT2D eigenvalue weighted by molar-refractivity contribution is 7.89. The number of amides is 1. The summed E-state index contributed by atoms with van der Waals surface area (Å²) in [5.41, 5.74) is 1.19. The molecule has 8 heteroatoms. The first kappa shape index (κ1) is 20.6. The van der Waals surface area contributed by atoms with Crippen molar-refractivity contribution in [2.24, 2.45) is 0 Å². The van der Waals surface area contributed by atoms with Crippen molar-refractivity contribution in [1.29, 1.82) is 5.26 Å². The Morgan fingerprint density at radius 3 is 2.21 bits per heavy atom. The molecule has 0 atom stereocenters. The fraction of sp³-hybridized carbons (Fsp3) is 0.600. The molecule has 0 spiro atoms. The molecule has 1 amide bonds. The van der Waals surface area contributed by atoms with Gasteiger partial charge < -0.3 is 9.64 Å². The highest BCUT2D eigenvalue weighted by atomic mass is 32.2. The Morgan fingerprint density at radius 2 is 1.71 bits per heavy atom. The first-order chi connectivity index (χ1) is 13.1. The van der Waals surface area contributed by atoms with Crippen LogP contribution in [0.1, 0.15) is 50.7 Å². The molecule has 0 aromatic heterocycles. The molecular formula is C20H27N3O4S. The second-order valence-corrected chi connectivity index (χ2v) is 10.7. The van der Waals surface area contributed by atoms with Crippen LogP contribution in [0.25, 0.3) is 0 Å². The second kappa shape index (κ2) is 7.72. The number of carbonyl (C=O) groups is 1. The monoisotopic (exact) mass is 405 g/mol. The Morgan fingerprint density at radius 1 is 1.14 bits per heavy atom. The van der Waals surface area contributed by atoms with Crippen molar-refractivity contribution in [3.63, 3.8) is 0 Å². The summed E-state index contributed by atoms with van der Waals surface area (Å²) < 4.78 is 32.6. The molecule has 152 valence electrons. The molecule has 1 aromatic carbocycles. The standard InChI is InChI=1S/C20H27N3O4S/c1-20(2,3)27-19(24)22-13-18(14-22)28(25,26)23-10-8-17(9-11-23)16-6-4-15(12-21)5-7-16/h4-7,17-18H,8-11,13-14H2,1-3H3. The molecule has 2 aliphatic heterocycles. The minimum absolute atomic E-state index is 0.187. The largest absolute Gasteiger partial charge is 0.444 e. The van der Waals surface area contributed by atoms with Crippen LogP contribution in [-0.2, 0) is 14.8 Å². The van der Waals surface area contributed by atoms with Crippen molar-refractivity contribution < 1.29 is 17.9 Å². The summed E-state index contributed by atoms with van der Waals surface area (Å²) in [7, 11) is -3.41. The summed E-state index contributed by atoms with van der Waals surface area (Å²) >= 11 is 0. The van der Waals surface area contributed by atoms with Gasteiger partial charge in [0.25, 0.3) is 0 Å². The lowest BCUT2D eigenvalue weighted by Crippen LogP contribution is -2.61. The fourth-order valence-corrected chi connectivity index (χ4v) is 5.46. The average molecular weight is 406 g/mol. The molecule has 0 N–H and O–H groups in total. The van der Waals surface area contributed by atoms with Crippen LogP contribution in [0.5, 0.6) is 0 Å². The SMILES string of the molecule is CC(C)(C)OC(=O)N1CC(S(=O)(=O)N2CCC(c3ccc(C#N)cc3)CC2)C1. The van der Waals surface area contributed by atoms with Gasteiger partial charge in [0.05, 0.1) is 11.6 Å². The predicted octanol–water partition coefficient (Wildman–Crippen LogP) is 2.69. The number of piperidine rings is 1. The lowest BCUT2D eigenvalue weighted by atomic mass is 9.90. The molecule has 2 aliphatic rings. The zero-order valence-corrected chi connectivity index (χ0v) is 17.4. The van der Waals surface area contributed by atoms with Gasteiger partial charge in [-0.15, -0.1) is 0 Å². The first-order valence-corrected chi connectivity index (χ1v) is 11.1. The van der Waals surface area contributed by atoms with Gasteiger partial charge in [-0.3, -0.25) is 0 Å². The van der Waals surface area contributed by atoms with E-state index < -0.39 is 27.0 Å². The van der Waals surface area contributed by atoms with Gasteiger partial charge in [0, 0.05) is 26.2 Å². The number of hydrogen-bond donors (Lipinski definition) is 0. The highest BCUT2D eigenvalue weighted by Gasteiger charge is 2.44. The third-order valence-corrected chi connectivity index (χ3v) is 7.47. The van der Waals surface area contributed by atoms with Crippen LogP contribution in [-0.4, -0.2) is 60.7 Å². The van der Waals surface area contributed by atoms with Crippen LogP contribution in [0.15, 0.2) is 24.3 Å². The molecule has 0 radical (unpaired) electrons. The molecule has 2 fully saturated rings. The van der Waals surface area contributed by atoms with E-state index in [9.17, 15) is 13.2 Å². The van der Waals surface area contributed by atoms with Crippen LogP contribution in [0.4, 0.5) is 4.79 Å². The topological polar surface area (TPSA) is 90.7 Å². The maximum Gasteiger partial charge on any atom is 0.410 e. The van der Waals surface area contributed by atoms with E-state index in [1.165, 1.54) is 4.90 Å². The van der Waals surface area contributed by atoms with E-state index in [1.807, 2.05) is 12.1 Å². The number of hydrogen-bond acceptors (Lipinski definition) is 5. The molecular weight excluding hydrogens is 378 g/mol. The van der Waals surface area contributed by atoms with Gasteiger partial charge in [0.1, 0.15) is 10.9 Å². The van der Waals surface area contributed by atoms with Gasteiger partial charge in [-0.25, -0.2) is 17.5 Å². The third-order valence-electron chi connectivity index (χ3n) is 5.25. The number of sulfonamides is 1. The Bertz CT molecular complexity index is 854. The van der Waals surface area contributed by atoms with E-state index in [-0.39, 0.29) is 13.1 Å². The zero-order valence-electron chi connectivity index (χ0n) is 16.6. The van der Waals surface area contributed by atoms with Crippen LogP contribution in [0.2, 0.25) is 0 Å². The molecule has 7 nitrogen and oxygen atoms in total. The van der Waals surface area contributed by atoms with Crippen LogP contribution in [0, 0.1) is 11.3 Å². The van der Waals surface area contributed by atoms with Gasteiger partial charge in [0.2, 0.25) is 10.0 Å². The molecule has 2 saturated heterocycles. The minimum atomic E-state index is -3.41. The summed E-state index contributed by atoms with van der Waals surface area (Å²) in [6.45, 7) is 6.70. The van der Waals surface area contributed by atoms with E-state index in [2.05, 4.69) is 6.07 Å². The van der Waals surface area contributed by atoms with E-state index in [1.54, 1.807) is 37.2 Å². The lowest BCUT2D eigenvalue weighted by Gasteiger charge is -2.42. The number of carbonyl (C=O) groups excluding carboxylic acids is 1. The average Bonchev–Trinajstić information content (AvgIpc) is 2.59. The van der Waals surface area contributed by atoms with Crippen molar-refractivity contribution >= 4 is 16.1 Å². The maximum atomic E-state index is 12.9.